The third-order valence-corrected chi connectivity index (χ3v) is 4.13. The first-order valence-electron chi connectivity index (χ1n) is 7.46. The molecule has 1 aliphatic rings. The number of aryl methyl sites for hydroxylation is 1. The van der Waals surface area contributed by atoms with Gasteiger partial charge in [-0.1, -0.05) is 43.9 Å². The predicted octanol–water partition coefficient (Wildman–Crippen LogP) is 4.62. The Morgan fingerprint density at radius 2 is 1.68 bits per heavy atom. The summed E-state index contributed by atoms with van der Waals surface area (Å²) in [6, 6.07) is 12.8. The van der Waals surface area contributed by atoms with Crippen molar-refractivity contribution in [3.63, 3.8) is 0 Å². The summed E-state index contributed by atoms with van der Waals surface area (Å²) in [6.45, 7) is 2.10. The highest BCUT2D eigenvalue weighted by Gasteiger charge is 2.19. The Hall–Kier alpha value is -1.57. The Labute approximate surface area is 115 Å². The molecule has 1 aromatic heterocycles. The molecule has 19 heavy (non-hydrogen) atoms. The van der Waals surface area contributed by atoms with Crippen molar-refractivity contribution in [1.82, 2.24) is 9.78 Å². The van der Waals surface area contributed by atoms with Gasteiger partial charge in [-0.05, 0) is 38.0 Å². The van der Waals surface area contributed by atoms with Gasteiger partial charge in [-0.15, -0.1) is 0 Å². The fourth-order valence-electron chi connectivity index (χ4n) is 3.16. The van der Waals surface area contributed by atoms with E-state index >= 15 is 0 Å². The third-order valence-electron chi connectivity index (χ3n) is 4.13. The van der Waals surface area contributed by atoms with Gasteiger partial charge in [0.25, 0.3) is 0 Å². The molecule has 3 rings (SSSR count). The van der Waals surface area contributed by atoms with Gasteiger partial charge in [-0.3, -0.25) is 0 Å². The van der Waals surface area contributed by atoms with Gasteiger partial charge < -0.3 is 0 Å². The molecular formula is C17H22N2. The summed E-state index contributed by atoms with van der Waals surface area (Å²) >= 11 is 0. The van der Waals surface area contributed by atoms with E-state index in [1.807, 2.05) is 0 Å². The van der Waals surface area contributed by atoms with E-state index in [4.69, 9.17) is 5.10 Å². The Kier molecular flexibility index (Phi) is 3.67. The van der Waals surface area contributed by atoms with Crippen LogP contribution < -0.4 is 0 Å². The summed E-state index contributed by atoms with van der Waals surface area (Å²) in [5.41, 5.74) is 3.73. The van der Waals surface area contributed by atoms with Crippen LogP contribution in [0.3, 0.4) is 0 Å². The standard InChI is InChI=1S/C17H22N2/c1-14-13-17(15-9-5-2-3-6-10-15)19(18-14)16-11-7-4-8-12-16/h4,7-8,11-13,15H,2-3,5-6,9-10H2,1H3. The highest BCUT2D eigenvalue weighted by molar-refractivity contribution is 5.34. The molecule has 1 saturated carbocycles. The minimum atomic E-state index is 0.684. The van der Waals surface area contributed by atoms with Crippen molar-refractivity contribution in [2.75, 3.05) is 0 Å². The van der Waals surface area contributed by atoms with Gasteiger partial charge in [-0.2, -0.15) is 5.10 Å². The Balaban J connectivity index is 1.97. The van der Waals surface area contributed by atoms with Crippen molar-refractivity contribution in [3.05, 3.63) is 47.8 Å². The Bertz CT molecular complexity index is 519. The van der Waals surface area contributed by atoms with Crippen molar-refractivity contribution in [3.8, 4) is 5.69 Å². The molecule has 0 saturated heterocycles. The lowest BCUT2D eigenvalue weighted by Gasteiger charge is -2.16. The van der Waals surface area contributed by atoms with E-state index in [2.05, 4.69) is 48.0 Å². The number of para-hydroxylation sites is 1. The van der Waals surface area contributed by atoms with Crippen molar-refractivity contribution >= 4 is 0 Å². The number of hydrogen-bond donors (Lipinski definition) is 0. The van der Waals surface area contributed by atoms with E-state index in [1.54, 1.807) is 0 Å². The first kappa shape index (κ1) is 12.5. The van der Waals surface area contributed by atoms with E-state index in [9.17, 15) is 0 Å². The van der Waals surface area contributed by atoms with E-state index < -0.39 is 0 Å². The summed E-state index contributed by atoms with van der Waals surface area (Å²) in [7, 11) is 0. The number of aromatic nitrogens is 2. The molecule has 0 radical (unpaired) electrons. The zero-order valence-corrected chi connectivity index (χ0v) is 11.7. The third kappa shape index (κ3) is 2.73. The molecule has 0 N–H and O–H groups in total. The largest absolute Gasteiger partial charge is 0.237 e. The molecule has 1 aliphatic carbocycles. The molecule has 0 unspecified atom stereocenters. The number of benzene rings is 1. The smallest absolute Gasteiger partial charge is 0.0649 e. The lowest BCUT2D eigenvalue weighted by atomic mass is 9.96. The summed E-state index contributed by atoms with van der Waals surface area (Å²) in [5.74, 6) is 0.684. The van der Waals surface area contributed by atoms with E-state index in [1.165, 1.54) is 49.9 Å². The first-order valence-corrected chi connectivity index (χ1v) is 7.46. The zero-order chi connectivity index (χ0) is 13.1. The second kappa shape index (κ2) is 5.60. The Morgan fingerprint density at radius 3 is 2.37 bits per heavy atom. The van der Waals surface area contributed by atoms with Crippen molar-refractivity contribution in [2.45, 2.75) is 51.4 Å². The summed E-state index contributed by atoms with van der Waals surface area (Å²) in [5, 5.41) is 4.70. The minimum absolute atomic E-state index is 0.684. The highest BCUT2D eigenvalue weighted by atomic mass is 15.3. The summed E-state index contributed by atoms with van der Waals surface area (Å²) in [6.07, 6.45) is 8.16. The maximum Gasteiger partial charge on any atom is 0.0649 e. The van der Waals surface area contributed by atoms with E-state index in [-0.39, 0.29) is 0 Å². The molecule has 1 fully saturated rings. The molecule has 2 nitrogen and oxygen atoms in total. The van der Waals surface area contributed by atoms with Gasteiger partial charge in [0.15, 0.2) is 0 Å². The van der Waals surface area contributed by atoms with Crippen molar-refractivity contribution in [2.24, 2.45) is 0 Å². The van der Waals surface area contributed by atoms with Gasteiger partial charge in [0.1, 0.15) is 0 Å². The molecule has 0 spiro atoms. The van der Waals surface area contributed by atoms with Gasteiger partial charge in [0, 0.05) is 11.6 Å². The maximum absolute atomic E-state index is 4.70. The molecule has 100 valence electrons. The van der Waals surface area contributed by atoms with E-state index in [0.29, 0.717) is 5.92 Å². The van der Waals surface area contributed by atoms with Crippen LogP contribution in [0.1, 0.15) is 55.8 Å². The topological polar surface area (TPSA) is 17.8 Å². The molecule has 2 aromatic rings. The van der Waals surface area contributed by atoms with Crippen LogP contribution in [-0.4, -0.2) is 9.78 Å². The van der Waals surface area contributed by atoms with Crippen molar-refractivity contribution in [1.29, 1.82) is 0 Å². The quantitative estimate of drug-likeness (QED) is 0.715. The minimum Gasteiger partial charge on any atom is -0.237 e. The first-order chi connectivity index (χ1) is 9.34. The molecular weight excluding hydrogens is 232 g/mol. The van der Waals surface area contributed by atoms with Gasteiger partial charge >= 0.3 is 0 Å². The van der Waals surface area contributed by atoms with Gasteiger partial charge in [-0.25, -0.2) is 4.68 Å². The van der Waals surface area contributed by atoms with Crippen LogP contribution >= 0.6 is 0 Å². The molecule has 0 aliphatic heterocycles. The molecule has 0 bridgehead atoms. The van der Waals surface area contributed by atoms with Crippen LogP contribution in [-0.2, 0) is 0 Å². The van der Waals surface area contributed by atoms with Crippen LogP contribution in [0.2, 0.25) is 0 Å². The number of nitrogens with zero attached hydrogens (tertiary/aromatic N) is 2. The Morgan fingerprint density at radius 1 is 1.00 bits per heavy atom. The van der Waals surface area contributed by atoms with Crippen LogP contribution in [0.15, 0.2) is 36.4 Å². The summed E-state index contributed by atoms with van der Waals surface area (Å²) < 4.78 is 2.16. The molecule has 0 atom stereocenters. The van der Waals surface area contributed by atoms with Crippen molar-refractivity contribution < 1.29 is 0 Å². The molecule has 2 heteroatoms. The maximum atomic E-state index is 4.70. The normalized spacial score (nSPS) is 17.3. The van der Waals surface area contributed by atoms with Crippen LogP contribution in [0.4, 0.5) is 0 Å². The fraction of sp³-hybridized carbons (Fsp3) is 0.471. The average molecular weight is 254 g/mol. The summed E-state index contributed by atoms with van der Waals surface area (Å²) in [4.78, 5) is 0. The van der Waals surface area contributed by atoms with Crippen LogP contribution in [0, 0.1) is 6.92 Å². The zero-order valence-electron chi connectivity index (χ0n) is 11.7. The number of hydrogen-bond acceptors (Lipinski definition) is 1. The SMILES string of the molecule is Cc1cc(C2CCCCCC2)n(-c2ccccc2)n1. The predicted molar refractivity (Wildman–Crippen MR) is 78.7 cm³/mol. The average Bonchev–Trinajstić information content (AvgIpc) is 2.66. The molecule has 1 heterocycles. The highest BCUT2D eigenvalue weighted by Crippen LogP contribution is 2.33. The fourth-order valence-corrected chi connectivity index (χ4v) is 3.16. The van der Waals surface area contributed by atoms with Gasteiger partial charge in [0.05, 0.1) is 11.4 Å². The van der Waals surface area contributed by atoms with Crippen LogP contribution in [0.5, 0.6) is 0 Å². The van der Waals surface area contributed by atoms with Crippen LogP contribution in [0.25, 0.3) is 5.69 Å². The lowest BCUT2D eigenvalue weighted by molar-refractivity contribution is 0.558. The monoisotopic (exact) mass is 254 g/mol. The lowest BCUT2D eigenvalue weighted by Crippen LogP contribution is -2.07. The second-order valence-electron chi connectivity index (χ2n) is 5.65. The van der Waals surface area contributed by atoms with Gasteiger partial charge in [0.2, 0.25) is 0 Å². The second-order valence-corrected chi connectivity index (χ2v) is 5.65. The number of rotatable bonds is 2. The molecule has 1 aromatic carbocycles. The van der Waals surface area contributed by atoms with E-state index in [0.717, 1.165) is 5.69 Å². The molecule has 0 amide bonds.